The first-order valence-corrected chi connectivity index (χ1v) is 20.9. The quantitative estimate of drug-likeness (QED) is 0.0400. The molecule has 0 heterocycles. The predicted molar refractivity (Wildman–Crippen MR) is 205 cm³/mol. The molecule has 5 heteroatoms. The topological polar surface area (TPSA) is 72.8 Å². The summed E-state index contributed by atoms with van der Waals surface area (Å²) in [5, 5.41) is 9.53. The van der Waals surface area contributed by atoms with Crippen molar-refractivity contribution in [2.75, 3.05) is 13.2 Å². The zero-order chi connectivity index (χ0) is 35.0. The lowest BCUT2D eigenvalue weighted by Crippen LogP contribution is -2.27. The van der Waals surface area contributed by atoms with Gasteiger partial charge in [-0.05, 0) is 25.7 Å². The summed E-state index contributed by atoms with van der Waals surface area (Å²) in [6.07, 6.45) is 47.6. The molecule has 0 aromatic carbocycles. The van der Waals surface area contributed by atoms with Crippen LogP contribution < -0.4 is 0 Å². The summed E-state index contributed by atoms with van der Waals surface area (Å²) < 4.78 is 10.4. The van der Waals surface area contributed by atoms with Crippen molar-refractivity contribution in [2.45, 2.75) is 225 Å². The van der Waals surface area contributed by atoms with Gasteiger partial charge in [0.05, 0.1) is 6.61 Å². The maximum absolute atomic E-state index is 12.1. The van der Waals surface area contributed by atoms with Crippen LogP contribution in [-0.2, 0) is 19.1 Å². The lowest BCUT2D eigenvalue weighted by molar-refractivity contribution is -0.155. The molecule has 48 heavy (non-hydrogen) atoms. The van der Waals surface area contributed by atoms with E-state index in [1.807, 2.05) is 12.2 Å². The van der Waals surface area contributed by atoms with Gasteiger partial charge in [0.1, 0.15) is 6.61 Å². The number of hydrogen-bond donors (Lipinski definition) is 1. The van der Waals surface area contributed by atoms with Crippen molar-refractivity contribution in [3.05, 3.63) is 24.3 Å². The van der Waals surface area contributed by atoms with E-state index in [9.17, 15) is 14.7 Å². The Morgan fingerprint density at radius 1 is 0.458 bits per heavy atom. The Morgan fingerprint density at radius 2 is 0.750 bits per heavy atom. The van der Waals surface area contributed by atoms with E-state index in [1.165, 1.54) is 192 Å². The van der Waals surface area contributed by atoms with Gasteiger partial charge in [0.15, 0.2) is 6.10 Å². The summed E-state index contributed by atoms with van der Waals surface area (Å²) in [5.74, 6) is -0.969. The molecule has 0 saturated heterocycles. The third-order valence-corrected chi connectivity index (χ3v) is 9.35. The average Bonchev–Trinajstić information content (AvgIpc) is 3.09. The molecule has 0 aliphatic carbocycles. The Labute approximate surface area is 298 Å². The van der Waals surface area contributed by atoms with Crippen LogP contribution in [0.2, 0.25) is 0 Å². The predicted octanol–water partition coefficient (Wildman–Crippen LogP) is 13.1. The summed E-state index contributed by atoms with van der Waals surface area (Å²) in [6, 6.07) is 0. The van der Waals surface area contributed by atoms with Gasteiger partial charge in [-0.25, -0.2) is 9.59 Å². The fourth-order valence-electron chi connectivity index (χ4n) is 6.18. The van der Waals surface area contributed by atoms with Crippen LogP contribution in [0.15, 0.2) is 24.3 Å². The molecule has 0 saturated carbocycles. The van der Waals surface area contributed by atoms with Crippen molar-refractivity contribution in [1.29, 1.82) is 0 Å². The number of carbonyl (C=O) groups is 2. The van der Waals surface area contributed by atoms with Gasteiger partial charge in [0.2, 0.25) is 0 Å². The van der Waals surface area contributed by atoms with E-state index in [0.29, 0.717) is 0 Å². The number of rotatable bonds is 38. The SMILES string of the molecule is CCCCCCCCCCCCCCCCC/C=C/C(=O)OCC(CO)OC(=O)/C=C/CCCCCCCCCCCCCCCCC. The normalized spacial score (nSPS) is 12.3. The van der Waals surface area contributed by atoms with Gasteiger partial charge in [-0.2, -0.15) is 0 Å². The Bertz CT molecular complexity index is 731. The molecule has 0 aromatic heterocycles. The van der Waals surface area contributed by atoms with Crippen LogP contribution in [0.3, 0.4) is 0 Å². The fourth-order valence-corrected chi connectivity index (χ4v) is 6.18. The lowest BCUT2D eigenvalue weighted by atomic mass is 10.0. The molecule has 282 valence electrons. The maximum Gasteiger partial charge on any atom is 0.330 e. The van der Waals surface area contributed by atoms with E-state index < -0.39 is 18.0 Å². The van der Waals surface area contributed by atoms with Crippen molar-refractivity contribution >= 4 is 11.9 Å². The number of hydrogen-bond acceptors (Lipinski definition) is 5. The van der Waals surface area contributed by atoms with E-state index in [1.54, 1.807) is 0 Å². The van der Waals surface area contributed by atoms with Gasteiger partial charge in [-0.1, -0.05) is 206 Å². The summed E-state index contributed by atoms with van der Waals surface area (Å²) in [5.41, 5.74) is 0. The standard InChI is InChI=1S/C43H80O5/c1-3-5-7-9-11-13-15-17-19-21-23-25-27-29-31-33-35-37-42(45)47-40-41(39-44)48-43(46)38-36-34-32-30-28-26-24-22-20-18-16-14-12-10-8-6-4-2/h35-38,41,44H,3-34,39-40H2,1-2H3/b37-35+,38-36+. The van der Waals surface area contributed by atoms with E-state index in [2.05, 4.69) is 13.8 Å². The van der Waals surface area contributed by atoms with E-state index >= 15 is 0 Å². The number of aliphatic hydroxyl groups is 1. The highest BCUT2D eigenvalue weighted by Crippen LogP contribution is 2.15. The average molecular weight is 677 g/mol. The number of ether oxygens (including phenoxy) is 2. The van der Waals surface area contributed by atoms with Crippen molar-refractivity contribution < 1.29 is 24.2 Å². The van der Waals surface area contributed by atoms with E-state index in [0.717, 1.165) is 25.7 Å². The van der Waals surface area contributed by atoms with Gasteiger partial charge < -0.3 is 14.6 Å². The Balaban J connectivity index is 3.59. The number of carbonyl (C=O) groups excluding carboxylic acids is 2. The van der Waals surface area contributed by atoms with Crippen molar-refractivity contribution in [2.24, 2.45) is 0 Å². The summed E-state index contributed by atoms with van der Waals surface area (Å²) in [7, 11) is 0. The lowest BCUT2D eigenvalue weighted by Gasteiger charge is -2.13. The van der Waals surface area contributed by atoms with Crippen LogP contribution in [0.5, 0.6) is 0 Å². The molecule has 0 radical (unpaired) electrons. The van der Waals surface area contributed by atoms with Crippen LogP contribution in [0.1, 0.15) is 219 Å². The summed E-state index contributed by atoms with van der Waals surface area (Å²) in [4.78, 5) is 24.1. The van der Waals surface area contributed by atoms with Gasteiger partial charge in [-0.3, -0.25) is 0 Å². The van der Waals surface area contributed by atoms with Crippen LogP contribution in [-0.4, -0.2) is 36.4 Å². The monoisotopic (exact) mass is 677 g/mol. The molecular weight excluding hydrogens is 596 g/mol. The second-order valence-corrected chi connectivity index (χ2v) is 14.2. The molecule has 0 amide bonds. The highest BCUT2D eigenvalue weighted by atomic mass is 16.6. The molecule has 5 nitrogen and oxygen atoms in total. The smallest absolute Gasteiger partial charge is 0.330 e. The molecular formula is C43H80O5. The third-order valence-electron chi connectivity index (χ3n) is 9.35. The zero-order valence-corrected chi connectivity index (χ0v) is 32.0. The number of unbranched alkanes of at least 4 members (excludes halogenated alkanes) is 30. The first kappa shape index (κ1) is 46.4. The van der Waals surface area contributed by atoms with E-state index in [-0.39, 0.29) is 13.2 Å². The van der Waals surface area contributed by atoms with Crippen LogP contribution in [0.4, 0.5) is 0 Å². The molecule has 0 spiro atoms. The van der Waals surface area contributed by atoms with Gasteiger partial charge in [0, 0.05) is 12.2 Å². The Kier molecular flexibility index (Phi) is 38.5. The molecule has 0 rings (SSSR count). The molecule has 0 aromatic rings. The van der Waals surface area contributed by atoms with Crippen molar-refractivity contribution in [3.8, 4) is 0 Å². The fraction of sp³-hybridized carbons (Fsp3) is 0.860. The molecule has 1 N–H and O–H groups in total. The Morgan fingerprint density at radius 3 is 1.06 bits per heavy atom. The minimum Gasteiger partial charge on any atom is -0.458 e. The second kappa shape index (κ2) is 39.8. The minimum atomic E-state index is -0.846. The highest BCUT2D eigenvalue weighted by Gasteiger charge is 2.14. The number of allylic oxidation sites excluding steroid dienone is 2. The van der Waals surface area contributed by atoms with Crippen LogP contribution in [0.25, 0.3) is 0 Å². The molecule has 1 atom stereocenters. The molecule has 1 unspecified atom stereocenters. The van der Waals surface area contributed by atoms with Crippen molar-refractivity contribution in [3.63, 3.8) is 0 Å². The highest BCUT2D eigenvalue weighted by molar-refractivity contribution is 5.82. The molecule has 0 aliphatic rings. The maximum atomic E-state index is 12.1. The summed E-state index contributed by atoms with van der Waals surface area (Å²) in [6.45, 7) is 4.03. The third kappa shape index (κ3) is 37.2. The minimum absolute atomic E-state index is 0.142. The number of esters is 2. The van der Waals surface area contributed by atoms with Crippen LogP contribution >= 0.6 is 0 Å². The first-order chi connectivity index (χ1) is 23.6. The van der Waals surface area contributed by atoms with Gasteiger partial charge in [0.25, 0.3) is 0 Å². The molecule has 0 bridgehead atoms. The molecule has 0 fully saturated rings. The summed E-state index contributed by atoms with van der Waals surface area (Å²) >= 11 is 0. The van der Waals surface area contributed by atoms with Crippen LogP contribution in [0, 0.1) is 0 Å². The largest absolute Gasteiger partial charge is 0.458 e. The molecule has 0 aliphatic heterocycles. The van der Waals surface area contributed by atoms with Gasteiger partial charge >= 0.3 is 11.9 Å². The second-order valence-electron chi connectivity index (χ2n) is 14.2. The first-order valence-electron chi connectivity index (χ1n) is 20.9. The van der Waals surface area contributed by atoms with E-state index in [4.69, 9.17) is 9.47 Å². The zero-order valence-electron chi connectivity index (χ0n) is 32.0. The Hall–Kier alpha value is -1.62. The van der Waals surface area contributed by atoms with Gasteiger partial charge in [-0.15, -0.1) is 0 Å². The van der Waals surface area contributed by atoms with Crippen molar-refractivity contribution in [1.82, 2.24) is 0 Å². The number of aliphatic hydroxyl groups excluding tert-OH is 1.